The number of nitrogens with two attached hydrogens (primary N) is 1. The van der Waals surface area contributed by atoms with Crippen LogP contribution in [0.4, 0.5) is 0 Å². The van der Waals surface area contributed by atoms with Crippen molar-refractivity contribution >= 4 is 18.2 Å². The lowest BCUT2D eigenvalue weighted by atomic mass is 10.3. The summed E-state index contributed by atoms with van der Waals surface area (Å²) in [5, 5.41) is 2.52. The fourth-order valence-corrected chi connectivity index (χ4v) is 1.82. The zero-order valence-electron chi connectivity index (χ0n) is 11.5. The number of morpholine rings is 1. The number of hydrogen-bond acceptors (Lipinski definition) is 6. The van der Waals surface area contributed by atoms with Crippen LogP contribution in [0, 0.1) is 0 Å². The smallest absolute Gasteiger partial charge is 0.318 e. The zero-order valence-corrected chi connectivity index (χ0v) is 11.5. The topological polar surface area (TPSA) is 105 Å². The van der Waals surface area contributed by atoms with Crippen molar-refractivity contribution in [1.82, 2.24) is 15.1 Å². The molecule has 0 atom stereocenters. The van der Waals surface area contributed by atoms with E-state index in [9.17, 15) is 14.4 Å². The molecule has 0 unspecified atom stereocenters. The Balaban J connectivity index is 2.25. The third kappa shape index (κ3) is 5.64. The van der Waals surface area contributed by atoms with E-state index in [2.05, 4.69) is 10.2 Å². The molecule has 3 N–H and O–H groups in total. The van der Waals surface area contributed by atoms with Crippen LogP contribution in [0.5, 0.6) is 0 Å². The Morgan fingerprint density at radius 3 is 2.65 bits per heavy atom. The van der Waals surface area contributed by atoms with Crippen LogP contribution in [-0.4, -0.2) is 80.5 Å². The maximum atomic E-state index is 11.7. The molecule has 8 nitrogen and oxygen atoms in total. The lowest BCUT2D eigenvalue weighted by molar-refractivity contribution is -0.148. The number of nitrogens with zero attached hydrogens (tertiary/aromatic N) is 2. The summed E-state index contributed by atoms with van der Waals surface area (Å²) in [6.45, 7) is 4.56. The highest BCUT2D eigenvalue weighted by atomic mass is 16.5. The minimum Gasteiger partial charge on any atom is -0.379 e. The molecule has 0 spiro atoms. The van der Waals surface area contributed by atoms with Gasteiger partial charge in [0.25, 0.3) is 0 Å². The monoisotopic (exact) mass is 286 g/mol. The Morgan fingerprint density at radius 2 is 2.05 bits per heavy atom. The number of rotatable bonds is 7. The molecule has 0 bridgehead atoms. The van der Waals surface area contributed by atoms with Gasteiger partial charge < -0.3 is 15.8 Å². The van der Waals surface area contributed by atoms with Crippen LogP contribution in [-0.2, 0) is 19.1 Å². The van der Waals surface area contributed by atoms with E-state index in [1.807, 2.05) is 0 Å². The lowest BCUT2D eigenvalue weighted by Gasteiger charge is -2.26. The first-order valence-corrected chi connectivity index (χ1v) is 6.73. The molecular weight excluding hydrogens is 264 g/mol. The maximum Gasteiger partial charge on any atom is 0.318 e. The van der Waals surface area contributed by atoms with Crippen molar-refractivity contribution in [2.75, 3.05) is 52.5 Å². The summed E-state index contributed by atoms with van der Waals surface area (Å²) in [7, 11) is 0. The van der Waals surface area contributed by atoms with Gasteiger partial charge in [-0.3, -0.25) is 24.2 Å². The predicted molar refractivity (Wildman–Crippen MR) is 71.7 cm³/mol. The van der Waals surface area contributed by atoms with E-state index in [-0.39, 0.29) is 6.54 Å². The highest BCUT2D eigenvalue weighted by Gasteiger charge is 2.20. The minimum atomic E-state index is -0.838. The molecular formula is C12H22N4O4. The molecule has 1 aliphatic heterocycles. The summed E-state index contributed by atoms with van der Waals surface area (Å²) >= 11 is 0. The van der Waals surface area contributed by atoms with Crippen LogP contribution in [0.1, 0.15) is 6.42 Å². The summed E-state index contributed by atoms with van der Waals surface area (Å²) in [5.74, 6) is -1.60. The van der Waals surface area contributed by atoms with Crippen LogP contribution in [0.25, 0.3) is 0 Å². The molecule has 8 heteroatoms. The Morgan fingerprint density at radius 1 is 1.35 bits per heavy atom. The van der Waals surface area contributed by atoms with E-state index in [1.165, 1.54) is 0 Å². The van der Waals surface area contributed by atoms with E-state index in [0.29, 0.717) is 45.7 Å². The van der Waals surface area contributed by atoms with Crippen LogP contribution >= 0.6 is 0 Å². The first kappa shape index (κ1) is 16.5. The second-order valence-electron chi connectivity index (χ2n) is 4.46. The quantitative estimate of drug-likeness (QED) is 0.405. The van der Waals surface area contributed by atoms with Gasteiger partial charge >= 0.3 is 11.8 Å². The average Bonchev–Trinajstić information content (AvgIpc) is 2.48. The van der Waals surface area contributed by atoms with Crippen LogP contribution in [0.15, 0.2) is 0 Å². The highest BCUT2D eigenvalue weighted by Crippen LogP contribution is 1.95. The van der Waals surface area contributed by atoms with Crippen molar-refractivity contribution < 1.29 is 19.1 Å². The van der Waals surface area contributed by atoms with Crippen molar-refractivity contribution in [3.05, 3.63) is 0 Å². The SMILES string of the molecule is NCCCN(C=O)C(=O)C(=O)NCCN1CCOCC1. The Kier molecular flexibility index (Phi) is 7.78. The summed E-state index contributed by atoms with van der Waals surface area (Å²) in [4.78, 5) is 37.0. The second kappa shape index (κ2) is 9.40. The number of carbonyl (C=O) groups is 3. The van der Waals surface area contributed by atoms with Crippen LogP contribution in [0.2, 0.25) is 0 Å². The van der Waals surface area contributed by atoms with Crippen molar-refractivity contribution in [2.45, 2.75) is 6.42 Å². The van der Waals surface area contributed by atoms with Gasteiger partial charge in [-0.05, 0) is 13.0 Å². The van der Waals surface area contributed by atoms with E-state index < -0.39 is 11.8 Å². The number of amides is 3. The number of nitrogens with one attached hydrogen (secondary N) is 1. The predicted octanol–water partition coefficient (Wildman–Crippen LogP) is -2.23. The molecule has 20 heavy (non-hydrogen) atoms. The van der Waals surface area contributed by atoms with Gasteiger partial charge in [-0.2, -0.15) is 0 Å². The molecule has 1 fully saturated rings. The summed E-state index contributed by atoms with van der Waals surface area (Å²) in [5.41, 5.74) is 5.30. The van der Waals surface area contributed by atoms with Gasteiger partial charge in [0.15, 0.2) is 0 Å². The third-order valence-corrected chi connectivity index (χ3v) is 3.00. The number of carbonyl (C=O) groups excluding carboxylic acids is 3. The Bertz CT molecular complexity index is 331. The van der Waals surface area contributed by atoms with Gasteiger partial charge in [0.2, 0.25) is 6.41 Å². The van der Waals surface area contributed by atoms with Crippen molar-refractivity contribution in [2.24, 2.45) is 5.73 Å². The standard InChI is InChI=1S/C12H22N4O4/c13-2-1-4-16(10-17)12(19)11(18)14-3-5-15-6-8-20-9-7-15/h10H,1-9,13H2,(H,14,18). The zero-order chi connectivity index (χ0) is 14.8. The first-order valence-electron chi connectivity index (χ1n) is 6.73. The van der Waals surface area contributed by atoms with Gasteiger partial charge in [-0.25, -0.2) is 0 Å². The third-order valence-electron chi connectivity index (χ3n) is 3.00. The van der Waals surface area contributed by atoms with Gasteiger partial charge in [0, 0.05) is 32.7 Å². The van der Waals surface area contributed by atoms with Crippen molar-refractivity contribution in [1.29, 1.82) is 0 Å². The normalized spacial score (nSPS) is 15.7. The Labute approximate surface area is 118 Å². The number of ether oxygens (including phenoxy) is 1. The fraction of sp³-hybridized carbons (Fsp3) is 0.750. The molecule has 1 heterocycles. The molecule has 0 aromatic carbocycles. The maximum absolute atomic E-state index is 11.7. The molecule has 0 aromatic heterocycles. The minimum absolute atomic E-state index is 0.162. The summed E-state index contributed by atoms with van der Waals surface area (Å²) in [6.07, 6.45) is 0.838. The Hall–Kier alpha value is -1.51. The molecule has 1 aliphatic rings. The molecule has 0 aromatic rings. The molecule has 1 rings (SSSR count). The van der Waals surface area contributed by atoms with Gasteiger partial charge in [0.05, 0.1) is 13.2 Å². The van der Waals surface area contributed by atoms with Gasteiger partial charge in [-0.15, -0.1) is 0 Å². The molecule has 3 amide bonds. The average molecular weight is 286 g/mol. The van der Waals surface area contributed by atoms with Crippen molar-refractivity contribution in [3.8, 4) is 0 Å². The van der Waals surface area contributed by atoms with E-state index >= 15 is 0 Å². The van der Waals surface area contributed by atoms with Crippen molar-refractivity contribution in [3.63, 3.8) is 0 Å². The van der Waals surface area contributed by atoms with Gasteiger partial charge in [-0.1, -0.05) is 0 Å². The van der Waals surface area contributed by atoms with E-state index in [4.69, 9.17) is 10.5 Å². The summed E-state index contributed by atoms with van der Waals surface area (Å²) in [6, 6.07) is 0. The fourth-order valence-electron chi connectivity index (χ4n) is 1.82. The van der Waals surface area contributed by atoms with Gasteiger partial charge in [0.1, 0.15) is 0 Å². The lowest BCUT2D eigenvalue weighted by Crippen LogP contribution is -2.46. The highest BCUT2D eigenvalue weighted by molar-refractivity contribution is 6.36. The van der Waals surface area contributed by atoms with Crippen LogP contribution in [0.3, 0.4) is 0 Å². The largest absolute Gasteiger partial charge is 0.379 e. The van der Waals surface area contributed by atoms with Crippen LogP contribution < -0.4 is 11.1 Å². The van der Waals surface area contributed by atoms with E-state index in [0.717, 1.165) is 18.0 Å². The molecule has 0 radical (unpaired) electrons. The molecule has 0 saturated carbocycles. The van der Waals surface area contributed by atoms with E-state index in [1.54, 1.807) is 0 Å². The first-order chi connectivity index (χ1) is 9.69. The number of imide groups is 1. The second-order valence-corrected chi connectivity index (χ2v) is 4.46. The number of hydrogen-bond donors (Lipinski definition) is 2. The molecule has 114 valence electrons. The summed E-state index contributed by atoms with van der Waals surface area (Å²) < 4.78 is 5.21. The molecule has 0 aliphatic carbocycles. The molecule has 1 saturated heterocycles.